The van der Waals surface area contributed by atoms with Gasteiger partial charge in [0.05, 0.1) is 48.7 Å². The van der Waals surface area contributed by atoms with E-state index in [4.69, 9.17) is 15.3 Å². The first kappa shape index (κ1) is 37.4. The lowest BCUT2D eigenvalue weighted by Gasteiger charge is -2.33. The third kappa shape index (κ3) is 10.1. The van der Waals surface area contributed by atoms with Gasteiger partial charge in [0.25, 0.3) is 15.9 Å². The number of sulfonamides is 1. The molecule has 270 valence electrons. The second-order valence-corrected chi connectivity index (χ2v) is 14.3. The minimum atomic E-state index is -4.29. The molecule has 0 spiro atoms. The average molecular weight is 718 g/mol. The summed E-state index contributed by atoms with van der Waals surface area (Å²) in [6, 6.07) is 22.7. The molecule has 13 nitrogen and oxygen atoms in total. The van der Waals surface area contributed by atoms with Crippen molar-refractivity contribution >= 4 is 38.6 Å². The van der Waals surface area contributed by atoms with Gasteiger partial charge >= 0.3 is 0 Å². The molecule has 0 radical (unpaired) electrons. The van der Waals surface area contributed by atoms with Crippen molar-refractivity contribution < 1.29 is 37.5 Å². The van der Waals surface area contributed by atoms with Crippen LogP contribution >= 0.6 is 0 Å². The van der Waals surface area contributed by atoms with E-state index in [0.29, 0.717) is 24.1 Å². The molecular formula is C37H43N5O8S. The summed E-state index contributed by atoms with van der Waals surface area (Å²) in [4.78, 5) is 49.5. The largest absolute Gasteiger partial charge is 0.497 e. The smallest absolute Gasteiger partial charge is 0.270 e. The Morgan fingerprint density at radius 3 is 2.29 bits per heavy atom. The number of nitrogens with one attached hydrogen (secondary N) is 2. The predicted molar refractivity (Wildman–Crippen MR) is 190 cm³/mol. The van der Waals surface area contributed by atoms with Crippen LogP contribution in [0, 0.1) is 0 Å². The zero-order valence-electron chi connectivity index (χ0n) is 28.3. The van der Waals surface area contributed by atoms with Gasteiger partial charge in [-0.3, -0.25) is 19.2 Å². The Morgan fingerprint density at radius 2 is 1.61 bits per heavy atom. The van der Waals surface area contributed by atoms with Crippen LogP contribution in [0.3, 0.4) is 0 Å². The Kier molecular flexibility index (Phi) is 12.7. The van der Waals surface area contributed by atoms with Crippen LogP contribution in [0.25, 0.3) is 10.9 Å². The number of para-hydroxylation sites is 1. The number of aliphatic hydroxyl groups is 1. The lowest BCUT2D eigenvalue weighted by molar-refractivity contribution is -0.157. The van der Waals surface area contributed by atoms with E-state index in [1.54, 1.807) is 42.5 Å². The molecule has 5 N–H and O–H groups in total. The fourth-order valence-corrected chi connectivity index (χ4v) is 7.25. The average Bonchev–Trinajstić information content (AvgIpc) is 3.14. The highest BCUT2D eigenvalue weighted by Crippen LogP contribution is 2.26. The summed E-state index contributed by atoms with van der Waals surface area (Å²) in [5.74, 6) is -1.89. The van der Waals surface area contributed by atoms with Gasteiger partial charge in [-0.05, 0) is 61.2 Å². The number of rotatable bonds is 16. The van der Waals surface area contributed by atoms with Crippen LogP contribution in [0.5, 0.6) is 5.75 Å². The van der Waals surface area contributed by atoms with Gasteiger partial charge in [-0.2, -0.15) is 0 Å². The van der Waals surface area contributed by atoms with Gasteiger partial charge in [0.2, 0.25) is 11.8 Å². The first-order valence-electron chi connectivity index (χ1n) is 16.8. The van der Waals surface area contributed by atoms with Gasteiger partial charge < -0.3 is 26.2 Å². The molecule has 3 aromatic carbocycles. The Morgan fingerprint density at radius 1 is 0.922 bits per heavy atom. The van der Waals surface area contributed by atoms with Crippen molar-refractivity contribution in [3.63, 3.8) is 0 Å². The molecule has 0 bridgehead atoms. The number of ether oxygens (including phenoxy) is 1. The third-order valence-corrected chi connectivity index (χ3v) is 10.4. The highest BCUT2D eigenvalue weighted by atomic mass is 32.2. The number of primary amides is 1. The number of aliphatic hydroxyl groups excluding tert-OH is 1. The van der Waals surface area contributed by atoms with E-state index < -0.39 is 58.9 Å². The van der Waals surface area contributed by atoms with Crippen LogP contribution in [0.15, 0.2) is 95.9 Å². The highest BCUT2D eigenvalue weighted by molar-refractivity contribution is 7.89. The maximum Gasteiger partial charge on any atom is 0.270 e. The molecule has 1 aromatic heterocycles. The number of carbonyl (C=O) groups excluding carboxylic acids is 3. The van der Waals surface area contributed by atoms with Crippen LogP contribution in [0.1, 0.15) is 54.6 Å². The first-order chi connectivity index (χ1) is 24.5. The van der Waals surface area contributed by atoms with Crippen molar-refractivity contribution in [2.24, 2.45) is 5.73 Å². The summed E-state index contributed by atoms with van der Waals surface area (Å²) in [7, 11) is -2.82. The number of nitrogens with two attached hydrogens (primary N) is 1. The van der Waals surface area contributed by atoms with Crippen molar-refractivity contribution in [3.8, 4) is 5.75 Å². The lowest BCUT2D eigenvalue weighted by atomic mass is 9.98. The molecule has 51 heavy (non-hydrogen) atoms. The Bertz CT molecular complexity index is 1900. The van der Waals surface area contributed by atoms with E-state index in [-0.39, 0.29) is 23.1 Å². The van der Waals surface area contributed by atoms with Crippen molar-refractivity contribution in [2.75, 3.05) is 13.7 Å². The summed E-state index contributed by atoms with van der Waals surface area (Å²) in [5.41, 5.74) is 6.80. The predicted octanol–water partition coefficient (Wildman–Crippen LogP) is 3.26. The van der Waals surface area contributed by atoms with Crippen LogP contribution < -0.4 is 21.1 Å². The molecule has 3 amide bonds. The van der Waals surface area contributed by atoms with Gasteiger partial charge in [0.1, 0.15) is 17.5 Å². The second kappa shape index (κ2) is 17.4. The van der Waals surface area contributed by atoms with Gasteiger partial charge in [-0.15, -0.1) is 0 Å². The number of aromatic nitrogens is 1. The third-order valence-electron chi connectivity index (χ3n) is 8.73. The van der Waals surface area contributed by atoms with Crippen LogP contribution in [0.4, 0.5) is 0 Å². The van der Waals surface area contributed by atoms with Crippen molar-refractivity contribution in [2.45, 2.75) is 74.1 Å². The second-order valence-electron chi connectivity index (χ2n) is 12.5. The zero-order valence-corrected chi connectivity index (χ0v) is 29.1. The molecule has 1 unspecified atom stereocenters. The molecule has 3 atom stereocenters. The van der Waals surface area contributed by atoms with E-state index in [0.717, 1.165) is 34.7 Å². The van der Waals surface area contributed by atoms with Crippen molar-refractivity contribution in [1.29, 1.82) is 0 Å². The number of hydrogen-bond donors (Lipinski definition) is 4. The zero-order chi connectivity index (χ0) is 36.4. The number of carbonyl (C=O) groups is 3. The number of nitrogens with zero attached hydrogens (tertiary/aromatic N) is 2. The highest BCUT2D eigenvalue weighted by Gasteiger charge is 2.35. The summed E-state index contributed by atoms with van der Waals surface area (Å²) in [6.45, 7) is -0.531. The topological polar surface area (TPSA) is 190 Å². The number of hydrogen-bond acceptors (Lipinski definition) is 9. The number of fused-ring (bicyclic) bond motifs is 1. The van der Waals surface area contributed by atoms with E-state index in [1.165, 1.54) is 37.4 Å². The molecule has 1 aliphatic rings. The van der Waals surface area contributed by atoms with Gasteiger partial charge in [-0.1, -0.05) is 78.3 Å². The number of amides is 3. The summed E-state index contributed by atoms with van der Waals surface area (Å²) >= 11 is 0. The first-order valence-corrected chi connectivity index (χ1v) is 18.3. The van der Waals surface area contributed by atoms with E-state index in [9.17, 15) is 27.9 Å². The van der Waals surface area contributed by atoms with Crippen LogP contribution in [-0.4, -0.2) is 78.6 Å². The molecule has 0 aliphatic heterocycles. The maximum atomic E-state index is 14.0. The lowest BCUT2D eigenvalue weighted by Crippen LogP contribution is -2.56. The van der Waals surface area contributed by atoms with Crippen LogP contribution in [0.2, 0.25) is 0 Å². The van der Waals surface area contributed by atoms with Crippen molar-refractivity contribution in [1.82, 2.24) is 20.1 Å². The summed E-state index contributed by atoms with van der Waals surface area (Å²) < 4.78 is 33.9. The number of benzene rings is 3. The molecular weight excluding hydrogens is 675 g/mol. The van der Waals surface area contributed by atoms with Gasteiger partial charge in [-0.25, -0.2) is 13.4 Å². The summed E-state index contributed by atoms with van der Waals surface area (Å²) in [5, 5.41) is 17.8. The summed E-state index contributed by atoms with van der Waals surface area (Å²) in [6.07, 6.45) is 1.71. The normalized spacial score (nSPS) is 15.5. The fourth-order valence-electron chi connectivity index (χ4n) is 5.95. The number of hydroxylamine groups is 1. The standard InChI is InChI=1S/C37H43N5O8S/c1-49-27-17-19-29(20-18-27)51(47,48)42(50-28-13-6-3-7-14-28)24-34(43)32(22-25-10-4-2-5-11-25)40-37(46)33(23-35(38)44)41-36(45)31-21-16-26-12-8-9-15-30(26)39-31/h2,4-5,8-12,15-21,28,32-34,43H,3,6-7,13-14,22-24H2,1H3,(H2,38,44)(H,40,46)(H,41,45)/t32-,33?,34+/m0/s1. The van der Waals surface area contributed by atoms with Gasteiger partial charge in [0, 0.05) is 5.39 Å². The quantitative estimate of drug-likeness (QED) is 0.126. The minimum Gasteiger partial charge on any atom is -0.497 e. The minimum absolute atomic E-state index is 0.0242. The molecule has 4 aromatic rings. The van der Waals surface area contributed by atoms with Crippen LogP contribution in [-0.2, 0) is 30.9 Å². The maximum absolute atomic E-state index is 14.0. The molecule has 1 aliphatic carbocycles. The van der Waals surface area contributed by atoms with E-state index >= 15 is 0 Å². The number of methoxy groups -OCH3 is 1. The Hall–Kier alpha value is -4.89. The number of pyridine rings is 1. The molecule has 1 fully saturated rings. The molecule has 14 heteroatoms. The van der Waals surface area contributed by atoms with Gasteiger partial charge in [0.15, 0.2) is 0 Å². The molecule has 1 heterocycles. The monoisotopic (exact) mass is 717 g/mol. The van der Waals surface area contributed by atoms with E-state index in [2.05, 4.69) is 15.6 Å². The fraction of sp³-hybridized carbons (Fsp3) is 0.351. The SMILES string of the molecule is COc1ccc(S(=O)(=O)N(C[C@@H](O)[C@H](Cc2ccccc2)NC(=O)C(CC(N)=O)NC(=O)c2ccc3ccccc3n2)OC2CCCCC2)cc1. The Labute approximate surface area is 297 Å². The van der Waals surface area contributed by atoms with Crippen molar-refractivity contribution in [3.05, 3.63) is 102 Å². The molecule has 0 saturated heterocycles. The Balaban J connectivity index is 1.40. The molecule has 5 rings (SSSR count). The molecule has 1 saturated carbocycles. The van der Waals surface area contributed by atoms with E-state index in [1.807, 2.05) is 18.2 Å².